The van der Waals surface area contributed by atoms with Gasteiger partial charge in [0.2, 0.25) is 0 Å². The Labute approximate surface area is 73.3 Å². The number of nitrogens with two attached hydrogens (primary N) is 1. The van der Waals surface area contributed by atoms with Gasteiger partial charge in [-0.25, -0.2) is 0 Å². The zero-order valence-electron chi connectivity index (χ0n) is 7.64. The third-order valence-corrected chi connectivity index (χ3v) is 2.38. The molecule has 3 heteroatoms. The minimum atomic E-state index is -0.631. The van der Waals surface area contributed by atoms with E-state index in [-0.39, 0.29) is 5.97 Å². The second kappa shape index (κ2) is 3.90. The fraction of sp³-hybridized carbons (Fsp3) is 0.889. The Kier molecular flexibility index (Phi) is 3.09. The predicted octanol–water partition coefficient (Wildman–Crippen LogP) is 1.21. The topological polar surface area (TPSA) is 52.3 Å². The van der Waals surface area contributed by atoms with Gasteiger partial charge in [0.25, 0.3) is 0 Å². The first-order valence-corrected chi connectivity index (χ1v) is 4.65. The van der Waals surface area contributed by atoms with E-state index in [0.717, 1.165) is 32.1 Å². The monoisotopic (exact) mass is 171 g/mol. The third kappa shape index (κ3) is 1.97. The van der Waals surface area contributed by atoms with E-state index in [1.54, 1.807) is 0 Å². The summed E-state index contributed by atoms with van der Waals surface area (Å²) in [6, 6.07) is 0. The van der Waals surface area contributed by atoms with Crippen LogP contribution in [0, 0.1) is 0 Å². The highest BCUT2D eigenvalue weighted by Crippen LogP contribution is 2.30. The Morgan fingerprint density at radius 1 is 1.58 bits per heavy atom. The molecular formula is C9H17NO2. The third-order valence-electron chi connectivity index (χ3n) is 2.38. The SMILES string of the molecule is CCCCOC(=O)C1(N)CCC1. The molecule has 70 valence electrons. The van der Waals surface area contributed by atoms with E-state index in [0.29, 0.717) is 6.61 Å². The van der Waals surface area contributed by atoms with Gasteiger partial charge < -0.3 is 10.5 Å². The molecule has 0 atom stereocenters. The van der Waals surface area contributed by atoms with Gasteiger partial charge >= 0.3 is 5.97 Å². The molecule has 0 amide bonds. The molecular weight excluding hydrogens is 154 g/mol. The van der Waals surface area contributed by atoms with Crippen molar-refractivity contribution in [2.75, 3.05) is 6.61 Å². The van der Waals surface area contributed by atoms with Crippen LogP contribution in [0.4, 0.5) is 0 Å². The summed E-state index contributed by atoms with van der Waals surface area (Å²) in [6.07, 6.45) is 4.61. The molecule has 0 radical (unpaired) electrons. The number of unbranched alkanes of at least 4 members (excludes halogenated alkanes) is 1. The summed E-state index contributed by atoms with van der Waals surface area (Å²) < 4.78 is 5.03. The largest absolute Gasteiger partial charge is 0.464 e. The average molecular weight is 171 g/mol. The van der Waals surface area contributed by atoms with Gasteiger partial charge in [0.15, 0.2) is 0 Å². The lowest BCUT2D eigenvalue weighted by Gasteiger charge is -2.34. The van der Waals surface area contributed by atoms with Gasteiger partial charge in [0.05, 0.1) is 6.61 Å². The highest BCUT2D eigenvalue weighted by molar-refractivity contribution is 5.81. The van der Waals surface area contributed by atoms with Gasteiger partial charge in [0, 0.05) is 0 Å². The number of carbonyl (C=O) groups excluding carboxylic acids is 1. The van der Waals surface area contributed by atoms with Crippen LogP contribution < -0.4 is 5.73 Å². The fourth-order valence-corrected chi connectivity index (χ4v) is 1.21. The first kappa shape index (κ1) is 9.52. The van der Waals surface area contributed by atoms with Crippen molar-refractivity contribution in [2.24, 2.45) is 5.73 Å². The standard InChI is InChI=1S/C9H17NO2/c1-2-3-7-12-8(11)9(10)5-4-6-9/h2-7,10H2,1H3. The molecule has 2 N–H and O–H groups in total. The average Bonchev–Trinajstić information content (AvgIpc) is 2.00. The molecule has 0 aromatic heterocycles. The molecule has 0 aromatic carbocycles. The van der Waals surface area contributed by atoms with Crippen molar-refractivity contribution in [3.63, 3.8) is 0 Å². The fourth-order valence-electron chi connectivity index (χ4n) is 1.21. The lowest BCUT2D eigenvalue weighted by Crippen LogP contribution is -2.54. The lowest BCUT2D eigenvalue weighted by molar-refractivity contribution is -0.153. The Bertz CT molecular complexity index is 164. The van der Waals surface area contributed by atoms with Crippen molar-refractivity contribution >= 4 is 5.97 Å². The smallest absolute Gasteiger partial charge is 0.326 e. The Morgan fingerprint density at radius 2 is 2.25 bits per heavy atom. The van der Waals surface area contributed by atoms with Crippen molar-refractivity contribution in [3.05, 3.63) is 0 Å². The number of hydrogen-bond acceptors (Lipinski definition) is 3. The van der Waals surface area contributed by atoms with E-state index >= 15 is 0 Å². The molecule has 0 bridgehead atoms. The number of rotatable bonds is 4. The minimum Gasteiger partial charge on any atom is -0.464 e. The molecule has 1 fully saturated rings. The van der Waals surface area contributed by atoms with Crippen LogP contribution in [0.15, 0.2) is 0 Å². The van der Waals surface area contributed by atoms with Gasteiger partial charge in [-0.2, -0.15) is 0 Å². The Morgan fingerprint density at radius 3 is 2.67 bits per heavy atom. The van der Waals surface area contributed by atoms with Crippen LogP contribution in [0.5, 0.6) is 0 Å². The van der Waals surface area contributed by atoms with Crippen LogP contribution in [0.1, 0.15) is 39.0 Å². The number of ether oxygens (including phenoxy) is 1. The van der Waals surface area contributed by atoms with Gasteiger partial charge in [0.1, 0.15) is 5.54 Å². The van der Waals surface area contributed by atoms with E-state index in [1.165, 1.54) is 0 Å². The summed E-state index contributed by atoms with van der Waals surface area (Å²) in [5.41, 5.74) is 5.12. The van der Waals surface area contributed by atoms with Crippen molar-refractivity contribution in [2.45, 2.75) is 44.6 Å². The number of carbonyl (C=O) groups is 1. The van der Waals surface area contributed by atoms with Gasteiger partial charge in [-0.15, -0.1) is 0 Å². The van der Waals surface area contributed by atoms with Crippen LogP contribution in [0.25, 0.3) is 0 Å². The van der Waals surface area contributed by atoms with E-state index in [1.807, 2.05) is 0 Å². The molecule has 0 heterocycles. The summed E-state index contributed by atoms with van der Waals surface area (Å²) in [6.45, 7) is 2.59. The first-order valence-electron chi connectivity index (χ1n) is 4.65. The summed E-state index contributed by atoms with van der Waals surface area (Å²) in [4.78, 5) is 11.3. The molecule has 0 saturated heterocycles. The molecule has 12 heavy (non-hydrogen) atoms. The van der Waals surface area contributed by atoms with Crippen LogP contribution in [-0.4, -0.2) is 18.1 Å². The molecule has 0 aromatic rings. The molecule has 1 aliphatic rings. The maximum absolute atomic E-state index is 11.3. The van der Waals surface area contributed by atoms with E-state index in [9.17, 15) is 4.79 Å². The normalized spacial score (nSPS) is 19.8. The quantitative estimate of drug-likeness (QED) is 0.511. The minimum absolute atomic E-state index is 0.206. The van der Waals surface area contributed by atoms with E-state index in [4.69, 9.17) is 10.5 Å². The molecule has 3 nitrogen and oxygen atoms in total. The van der Waals surface area contributed by atoms with Crippen molar-refractivity contribution in [1.29, 1.82) is 0 Å². The Balaban J connectivity index is 2.19. The predicted molar refractivity (Wildman–Crippen MR) is 46.6 cm³/mol. The summed E-state index contributed by atoms with van der Waals surface area (Å²) in [5.74, 6) is -0.206. The Hall–Kier alpha value is -0.570. The van der Waals surface area contributed by atoms with E-state index < -0.39 is 5.54 Å². The summed E-state index contributed by atoms with van der Waals surface area (Å²) in [7, 11) is 0. The van der Waals surface area contributed by atoms with E-state index in [2.05, 4.69) is 6.92 Å². The highest BCUT2D eigenvalue weighted by atomic mass is 16.5. The van der Waals surface area contributed by atoms with Crippen LogP contribution >= 0.6 is 0 Å². The zero-order valence-corrected chi connectivity index (χ0v) is 7.64. The zero-order chi connectivity index (χ0) is 9.03. The lowest BCUT2D eigenvalue weighted by atomic mass is 9.78. The van der Waals surface area contributed by atoms with Gasteiger partial charge in [-0.3, -0.25) is 4.79 Å². The second-order valence-electron chi connectivity index (χ2n) is 3.50. The molecule has 1 saturated carbocycles. The number of esters is 1. The van der Waals surface area contributed by atoms with Crippen LogP contribution in [0.2, 0.25) is 0 Å². The maximum atomic E-state index is 11.3. The molecule has 0 spiro atoms. The first-order chi connectivity index (χ1) is 5.69. The highest BCUT2D eigenvalue weighted by Gasteiger charge is 2.41. The summed E-state index contributed by atoms with van der Waals surface area (Å²) >= 11 is 0. The molecule has 0 unspecified atom stereocenters. The van der Waals surface area contributed by atoms with Gasteiger partial charge in [-0.1, -0.05) is 13.3 Å². The molecule has 1 aliphatic carbocycles. The van der Waals surface area contributed by atoms with Crippen molar-refractivity contribution < 1.29 is 9.53 Å². The number of hydrogen-bond donors (Lipinski definition) is 1. The summed E-state index contributed by atoms with van der Waals surface area (Å²) in [5, 5.41) is 0. The second-order valence-corrected chi connectivity index (χ2v) is 3.50. The van der Waals surface area contributed by atoms with Crippen molar-refractivity contribution in [3.8, 4) is 0 Å². The van der Waals surface area contributed by atoms with Crippen molar-refractivity contribution in [1.82, 2.24) is 0 Å². The van der Waals surface area contributed by atoms with Crippen LogP contribution in [0.3, 0.4) is 0 Å². The van der Waals surface area contributed by atoms with Crippen LogP contribution in [-0.2, 0) is 9.53 Å². The maximum Gasteiger partial charge on any atom is 0.326 e. The molecule has 1 rings (SSSR count). The van der Waals surface area contributed by atoms with Gasteiger partial charge in [-0.05, 0) is 25.7 Å². The molecule has 0 aliphatic heterocycles.